The molecule has 2 amide bonds. The number of carbonyl (C=O) groups is 2. The van der Waals surface area contributed by atoms with Gasteiger partial charge >= 0.3 is 0 Å². The van der Waals surface area contributed by atoms with E-state index in [9.17, 15) is 9.59 Å². The van der Waals surface area contributed by atoms with Crippen LogP contribution in [-0.4, -0.2) is 24.4 Å². The molecule has 2 N–H and O–H groups in total. The van der Waals surface area contributed by atoms with E-state index >= 15 is 0 Å². The van der Waals surface area contributed by atoms with Gasteiger partial charge in [0.2, 0.25) is 5.91 Å². The Bertz CT molecular complexity index is 507. The highest BCUT2D eigenvalue weighted by atomic mass is 127. The van der Waals surface area contributed by atoms with E-state index in [1.807, 2.05) is 12.1 Å². The van der Waals surface area contributed by atoms with Gasteiger partial charge in [-0.15, -0.1) is 0 Å². The van der Waals surface area contributed by atoms with E-state index in [1.54, 1.807) is 6.07 Å². The van der Waals surface area contributed by atoms with Crippen LogP contribution in [0.5, 0.6) is 0 Å². The summed E-state index contributed by atoms with van der Waals surface area (Å²) in [5.74, 6) is -0.288. The monoisotopic (exact) mass is 436 g/mol. The molecule has 1 aromatic carbocycles. The van der Waals surface area contributed by atoms with Crippen molar-refractivity contribution in [3.8, 4) is 0 Å². The van der Waals surface area contributed by atoms with Crippen LogP contribution in [0.25, 0.3) is 0 Å². The van der Waals surface area contributed by atoms with Gasteiger partial charge in [-0.3, -0.25) is 9.59 Å². The molecule has 6 heteroatoms. The molecule has 0 bridgehead atoms. The summed E-state index contributed by atoms with van der Waals surface area (Å²) in [6.45, 7) is 0.694. The molecule has 0 spiro atoms. The Kier molecular flexibility index (Phi) is 5.20. The van der Waals surface area contributed by atoms with Crippen LogP contribution in [0, 0.1) is 3.57 Å². The number of hydrogen-bond acceptors (Lipinski definition) is 2. The molecule has 1 aromatic rings. The summed E-state index contributed by atoms with van der Waals surface area (Å²) >= 11 is 5.47. The lowest BCUT2D eigenvalue weighted by atomic mass is 10.1. The van der Waals surface area contributed by atoms with Crippen molar-refractivity contribution in [2.24, 2.45) is 0 Å². The van der Waals surface area contributed by atoms with Crippen LogP contribution < -0.4 is 10.6 Å². The molecule has 1 atom stereocenters. The normalized spacial score (nSPS) is 19.5. The maximum absolute atomic E-state index is 12.2. The molecule has 0 radical (unpaired) electrons. The summed E-state index contributed by atoms with van der Waals surface area (Å²) in [7, 11) is 0. The molecular weight excluding hydrogens is 423 g/mol. The number of hydrogen-bond donors (Lipinski definition) is 2. The Morgan fingerprint density at radius 1 is 1.42 bits per heavy atom. The van der Waals surface area contributed by atoms with E-state index in [4.69, 9.17) is 0 Å². The number of carbonyl (C=O) groups excluding carboxylic acids is 2. The van der Waals surface area contributed by atoms with E-state index in [2.05, 4.69) is 49.2 Å². The molecule has 19 heavy (non-hydrogen) atoms. The molecule has 1 aliphatic rings. The first kappa shape index (κ1) is 14.8. The van der Waals surface area contributed by atoms with Crippen molar-refractivity contribution in [2.75, 3.05) is 6.54 Å². The number of nitrogens with one attached hydrogen (secondary N) is 2. The number of rotatable bonds is 2. The van der Waals surface area contributed by atoms with E-state index < -0.39 is 6.04 Å². The topological polar surface area (TPSA) is 58.2 Å². The van der Waals surface area contributed by atoms with Gasteiger partial charge in [0.05, 0.1) is 5.56 Å². The van der Waals surface area contributed by atoms with E-state index in [1.165, 1.54) is 0 Å². The van der Waals surface area contributed by atoms with Crippen molar-refractivity contribution in [3.05, 3.63) is 31.8 Å². The minimum Gasteiger partial charge on any atom is -0.354 e. The van der Waals surface area contributed by atoms with Gasteiger partial charge in [0, 0.05) is 14.6 Å². The molecule has 0 aliphatic carbocycles. The van der Waals surface area contributed by atoms with E-state index in [-0.39, 0.29) is 11.8 Å². The van der Waals surface area contributed by atoms with Gasteiger partial charge in [-0.2, -0.15) is 0 Å². The van der Waals surface area contributed by atoms with Crippen molar-refractivity contribution in [1.29, 1.82) is 0 Å². The Morgan fingerprint density at radius 2 is 2.21 bits per heavy atom. The van der Waals surface area contributed by atoms with E-state index in [0.29, 0.717) is 18.5 Å². The number of amides is 2. The fourth-order valence-corrected chi connectivity index (χ4v) is 2.93. The van der Waals surface area contributed by atoms with Crippen LogP contribution in [0.1, 0.15) is 29.6 Å². The third-order valence-corrected chi connectivity index (χ3v) is 4.45. The Balaban J connectivity index is 2.11. The minimum absolute atomic E-state index is 0.0872. The molecule has 2 rings (SSSR count). The molecule has 1 saturated heterocycles. The maximum atomic E-state index is 12.2. The highest BCUT2D eigenvalue weighted by molar-refractivity contribution is 14.1. The van der Waals surface area contributed by atoms with Crippen molar-refractivity contribution >= 4 is 50.3 Å². The Labute approximate surface area is 134 Å². The smallest absolute Gasteiger partial charge is 0.253 e. The van der Waals surface area contributed by atoms with Crippen LogP contribution in [0.15, 0.2) is 22.7 Å². The molecule has 1 fully saturated rings. The minimum atomic E-state index is -0.426. The average molecular weight is 437 g/mol. The SMILES string of the molecule is O=C(NC1CCCCNC1=O)c1cc(Br)ccc1I. The Hall–Kier alpha value is -0.630. The second-order valence-electron chi connectivity index (χ2n) is 4.44. The summed E-state index contributed by atoms with van der Waals surface area (Å²) < 4.78 is 1.72. The maximum Gasteiger partial charge on any atom is 0.253 e. The predicted molar refractivity (Wildman–Crippen MR) is 85.0 cm³/mol. The van der Waals surface area contributed by atoms with Crippen LogP contribution in [0.4, 0.5) is 0 Å². The first-order valence-corrected chi connectivity index (χ1v) is 7.99. The van der Waals surface area contributed by atoms with Crippen LogP contribution in [-0.2, 0) is 4.79 Å². The summed E-state index contributed by atoms with van der Waals surface area (Å²) in [5.41, 5.74) is 0.590. The summed E-state index contributed by atoms with van der Waals surface area (Å²) in [6.07, 6.45) is 2.61. The second kappa shape index (κ2) is 6.69. The zero-order valence-corrected chi connectivity index (χ0v) is 14.0. The zero-order valence-electron chi connectivity index (χ0n) is 10.2. The van der Waals surface area contributed by atoms with Crippen molar-refractivity contribution in [1.82, 2.24) is 10.6 Å². The Morgan fingerprint density at radius 3 is 3.00 bits per heavy atom. The van der Waals surface area contributed by atoms with Gasteiger partial charge in [0.25, 0.3) is 5.91 Å². The average Bonchev–Trinajstić information content (AvgIpc) is 2.58. The molecule has 0 saturated carbocycles. The van der Waals surface area contributed by atoms with Gasteiger partial charge in [-0.25, -0.2) is 0 Å². The zero-order chi connectivity index (χ0) is 13.8. The molecule has 1 aliphatic heterocycles. The molecule has 4 nitrogen and oxygen atoms in total. The predicted octanol–water partition coefficient (Wildman–Crippen LogP) is 2.45. The number of benzene rings is 1. The van der Waals surface area contributed by atoms with Crippen molar-refractivity contribution in [3.63, 3.8) is 0 Å². The standard InChI is InChI=1S/C13H14BrIN2O2/c14-8-4-5-10(15)9(7-8)12(18)17-11-3-1-2-6-16-13(11)19/h4-5,7,11H,1-3,6H2,(H,16,19)(H,17,18). The molecule has 0 aromatic heterocycles. The third kappa shape index (κ3) is 3.92. The number of halogens is 2. The lowest BCUT2D eigenvalue weighted by molar-refractivity contribution is -0.122. The second-order valence-corrected chi connectivity index (χ2v) is 6.51. The summed E-state index contributed by atoms with van der Waals surface area (Å²) in [6, 6.07) is 5.10. The molecule has 102 valence electrons. The van der Waals surface area contributed by atoms with Gasteiger partial charge in [0.15, 0.2) is 0 Å². The highest BCUT2D eigenvalue weighted by Crippen LogP contribution is 2.19. The lowest BCUT2D eigenvalue weighted by Crippen LogP contribution is -2.45. The van der Waals surface area contributed by atoms with Gasteiger partial charge in [-0.05, 0) is 60.1 Å². The molecular formula is C13H14BrIN2O2. The van der Waals surface area contributed by atoms with Crippen molar-refractivity contribution in [2.45, 2.75) is 25.3 Å². The highest BCUT2D eigenvalue weighted by Gasteiger charge is 2.23. The van der Waals surface area contributed by atoms with Crippen LogP contribution >= 0.6 is 38.5 Å². The summed E-state index contributed by atoms with van der Waals surface area (Å²) in [4.78, 5) is 24.0. The first-order chi connectivity index (χ1) is 9.08. The van der Waals surface area contributed by atoms with Crippen LogP contribution in [0.2, 0.25) is 0 Å². The largest absolute Gasteiger partial charge is 0.354 e. The molecule has 1 unspecified atom stereocenters. The van der Waals surface area contributed by atoms with Crippen molar-refractivity contribution < 1.29 is 9.59 Å². The fourth-order valence-electron chi connectivity index (χ4n) is 1.98. The molecule has 1 heterocycles. The summed E-state index contributed by atoms with van der Waals surface area (Å²) in [5, 5.41) is 5.63. The van der Waals surface area contributed by atoms with E-state index in [0.717, 1.165) is 20.9 Å². The lowest BCUT2D eigenvalue weighted by Gasteiger charge is -2.15. The van der Waals surface area contributed by atoms with Gasteiger partial charge in [0.1, 0.15) is 6.04 Å². The fraction of sp³-hybridized carbons (Fsp3) is 0.385. The third-order valence-electron chi connectivity index (χ3n) is 3.01. The van der Waals surface area contributed by atoms with Gasteiger partial charge in [-0.1, -0.05) is 15.9 Å². The first-order valence-electron chi connectivity index (χ1n) is 6.11. The quantitative estimate of drug-likeness (QED) is 0.699. The van der Waals surface area contributed by atoms with Gasteiger partial charge < -0.3 is 10.6 Å². The van der Waals surface area contributed by atoms with Crippen LogP contribution in [0.3, 0.4) is 0 Å².